The molecule has 0 aromatic heterocycles. The maximum absolute atomic E-state index is 10.9. The van der Waals surface area contributed by atoms with E-state index in [-0.39, 0.29) is 6.10 Å². The van der Waals surface area contributed by atoms with E-state index < -0.39 is 5.97 Å². The summed E-state index contributed by atoms with van der Waals surface area (Å²) >= 11 is 0. The second-order valence-corrected chi connectivity index (χ2v) is 5.94. The minimum atomic E-state index is -0.894. The molecule has 0 heterocycles. The lowest BCUT2D eigenvalue weighted by Gasteiger charge is -2.32. The molecular formula is C16H22O3. The molecule has 2 rings (SSSR count). The van der Waals surface area contributed by atoms with Crippen LogP contribution >= 0.6 is 0 Å². The highest BCUT2D eigenvalue weighted by molar-refractivity contribution is 5.88. The van der Waals surface area contributed by atoms with Gasteiger partial charge < -0.3 is 9.84 Å². The van der Waals surface area contributed by atoms with Crippen molar-refractivity contribution in [2.75, 3.05) is 0 Å². The number of rotatable bonds is 3. The van der Waals surface area contributed by atoms with Crippen molar-refractivity contribution in [1.29, 1.82) is 0 Å². The van der Waals surface area contributed by atoms with Crippen LogP contribution in [0.1, 0.15) is 49.0 Å². The Morgan fingerprint density at radius 1 is 1.21 bits per heavy atom. The van der Waals surface area contributed by atoms with Crippen LogP contribution in [0.5, 0.6) is 5.75 Å². The molecule has 0 bridgehead atoms. The van der Waals surface area contributed by atoms with Crippen LogP contribution in [0.25, 0.3) is 0 Å². The van der Waals surface area contributed by atoms with Gasteiger partial charge in [-0.3, -0.25) is 0 Å². The summed E-state index contributed by atoms with van der Waals surface area (Å²) < 4.78 is 6.07. The molecular weight excluding hydrogens is 240 g/mol. The molecule has 1 aromatic rings. The van der Waals surface area contributed by atoms with E-state index in [4.69, 9.17) is 9.84 Å². The Hall–Kier alpha value is -1.51. The fraction of sp³-hybridized carbons (Fsp3) is 0.562. The molecule has 1 aliphatic rings. The van der Waals surface area contributed by atoms with Crippen molar-refractivity contribution in [3.05, 3.63) is 29.3 Å². The highest BCUT2D eigenvalue weighted by atomic mass is 16.5. The summed E-state index contributed by atoms with van der Waals surface area (Å²) in [7, 11) is 0. The van der Waals surface area contributed by atoms with Crippen molar-refractivity contribution >= 4 is 5.97 Å². The molecule has 0 saturated heterocycles. The number of carboxylic acid groups (broad SMARTS) is 1. The van der Waals surface area contributed by atoms with Gasteiger partial charge in [0.05, 0.1) is 11.7 Å². The molecule has 0 radical (unpaired) electrons. The van der Waals surface area contributed by atoms with Crippen molar-refractivity contribution in [3.8, 4) is 5.75 Å². The van der Waals surface area contributed by atoms with Crippen LogP contribution < -0.4 is 4.74 Å². The van der Waals surface area contributed by atoms with Crippen molar-refractivity contribution in [3.63, 3.8) is 0 Å². The van der Waals surface area contributed by atoms with Gasteiger partial charge in [-0.25, -0.2) is 4.79 Å². The molecule has 0 aliphatic heterocycles. The van der Waals surface area contributed by atoms with Crippen LogP contribution in [0.3, 0.4) is 0 Å². The van der Waals surface area contributed by atoms with Crippen LogP contribution in [0.2, 0.25) is 0 Å². The molecule has 104 valence electrons. The lowest BCUT2D eigenvalue weighted by atomic mass is 9.82. The average molecular weight is 262 g/mol. The van der Waals surface area contributed by atoms with E-state index in [2.05, 4.69) is 13.8 Å². The third-order valence-electron chi connectivity index (χ3n) is 3.85. The van der Waals surface area contributed by atoms with Crippen molar-refractivity contribution in [1.82, 2.24) is 0 Å². The van der Waals surface area contributed by atoms with Crippen molar-refractivity contribution in [2.45, 2.75) is 46.1 Å². The smallest absolute Gasteiger partial charge is 0.335 e. The summed E-state index contributed by atoms with van der Waals surface area (Å²) in [6.07, 6.45) is 3.71. The molecule has 2 atom stereocenters. The minimum Gasteiger partial charge on any atom is -0.490 e. The first-order valence-electron chi connectivity index (χ1n) is 6.96. The molecule has 1 aliphatic carbocycles. The monoisotopic (exact) mass is 262 g/mol. The Bertz CT molecular complexity index is 457. The first-order valence-corrected chi connectivity index (χ1v) is 6.96. The molecule has 1 saturated carbocycles. The Balaban J connectivity index is 2.08. The van der Waals surface area contributed by atoms with Crippen LogP contribution in [0, 0.1) is 18.8 Å². The topological polar surface area (TPSA) is 46.5 Å². The van der Waals surface area contributed by atoms with Gasteiger partial charge >= 0.3 is 5.97 Å². The summed E-state index contributed by atoms with van der Waals surface area (Å²) in [5.41, 5.74) is 1.21. The highest BCUT2D eigenvalue weighted by Crippen LogP contribution is 2.32. The SMILES string of the molecule is Cc1cc(C(=O)O)ccc1OC1CC(C)CC(C)C1. The normalized spacial score (nSPS) is 27.0. The molecule has 0 amide bonds. The molecule has 1 aromatic carbocycles. The molecule has 1 fully saturated rings. The molecule has 1 N–H and O–H groups in total. The summed E-state index contributed by atoms with van der Waals surface area (Å²) in [6, 6.07) is 5.07. The van der Waals surface area contributed by atoms with Crippen LogP contribution in [-0.2, 0) is 0 Å². The minimum absolute atomic E-state index is 0.258. The number of aryl methyl sites for hydroxylation is 1. The van der Waals surface area contributed by atoms with Gasteiger partial charge in [0.25, 0.3) is 0 Å². The lowest BCUT2D eigenvalue weighted by molar-refractivity contribution is 0.0696. The summed E-state index contributed by atoms with van der Waals surface area (Å²) in [4.78, 5) is 10.9. The second kappa shape index (κ2) is 5.64. The van der Waals surface area contributed by atoms with Gasteiger partial charge in [-0.15, -0.1) is 0 Å². The van der Waals surface area contributed by atoms with E-state index in [9.17, 15) is 4.79 Å². The van der Waals surface area contributed by atoms with Gasteiger partial charge in [-0.05, 0) is 61.8 Å². The number of hydrogen-bond acceptors (Lipinski definition) is 2. The predicted octanol–water partition coefficient (Wildman–Crippen LogP) is 3.90. The van der Waals surface area contributed by atoms with Gasteiger partial charge in [0.15, 0.2) is 0 Å². The Labute approximate surface area is 114 Å². The number of carboxylic acids is 1. The fourth-order valence-electron chi connectivity index (χ4n) is 3.06. The van der Waals surface area contributed by atoms with E-state index >= 15 is 0 Å². The van der Waals surface area contributed by atoms with Crippen molar-refractivity contribution < 1.29 is 14.6 Å². The Morgan fingerprint density at radius 3 is 2.37 bits per heavy atom. The number of carbonyl (C=O) groups is 1. The second-order valence-electron chi connectivity index (χ2n) is 5.94. The van der Waals surface area contributed by atoms with E-state index in [1.165, 1.54) is 6.42 Å². The van der Waals surface area contributed by atoms with Crippen LogP contribution in [-0.4, -0.2) is 17.2 Å². The highest BCUT2D eigenvalue weighted by Gasteiger charge is 2.25. The fourth-order valence-corrected chi connectivity index (χ4v) is 3.06. The number of hydrogen-bond donors (Lipinski definition) is 1. The molecule has 19 heavy (non-hydrogen) atoms. The zero-order valence-electron chi connectivity index (χ0n) is 11.8. The predicted molar refractivity (Wildman–Crippen MR) is 74.7 cm³/mol. The van der Waals surface area contributed by atoms with Crippen LogP contribution in [0.15, 0.2) is 18.2 Å². The van der Waals surface area contributed by atoms with E-state index in [1.807, 2.05) is 6.92 Å². The molecule has 0 spiro atoms. The molecule has 2 unspecified atom stereocenters. The van der Waals surface area contributed by atoms with E-state index in [0.717, 1.165) is 24.2 Å². The lowest BCUT2D eigenvalue weighted by Crippen LogP contribution is -2.28. The standard InChI is InChI=1S/C16H22O3/c1-10-6-11(2)8-14(7-10)19-15-5-4-13(16(17)18)9-12(15)3/h4-5,9-11,14H,6-8H2,1-3H3,(H,17,18). The van der Waals surface area contributed by atoms with E-state index in [0.29, 0.717) is 17.4 Å². The first-order chi connectivity index (χ1) is 8.95. The van der Waals surface area contributed by atoms with Gasteiger partial charge in [0.2, 0.25) is 0 Å². The average Bonchev–Trinajstić information content (AvgIpc) is 2.30. The Morgan fingerprint density at radius 2 is 1.84 bits per heavy atom. The van der Waals surface area contributed by atoms with Gasteiger partial charge in [0, 0.05) is 0 Å². The number of benzene rings is 1. The summed E-state index contributed by atoms with van der Waals surface area (Å²) in [6.45, 7) is 6.44. The molecule has 3 nitrogen and oxygen atoms in total. The zero-order chi connectivity index (χ0) is 14.0. The summed E-state index contributed by atoms with van der Waals surface area (Å²) in [5, 5.41) is 8.95. The number of aromatic carboxylic acids is 1. The zero-order valence-corrected chi connectivity index (χ0v) is 11.8. The summed E-state index contributed by atoms with van der Waals surface area (Å²) in [5.74, 6) is 1.32. The van der Waals surface area contributed by atoms with E-state index in [1.54, 1.807) is 18.2 Å². The largest absolute Gasteiger partial charge is 0.490 e. The third kappa shape index (κ3) is 3.49. The van der Waals surface area contributed by atoms with Crippen LogP contribution in [0.4, 0.5) is 0 Å². The Kier molecular flexibility index (Phi) is 4.13. The maximum Gasteiger partial charge on any atom is 0.335 e. The van der Waals surface area contributed by atoms with Gasteiger partial charge in [-0.2, -0.15) is 0 Å². The van der Waals surface area contributed by atoms with Gasteiger partial charge in [0.1, 0.15) is 5.75 Å². The molecule has 3 heteroatoms. The maximum atomic E-state index is 10.9. The number of ether oxygens (including phenoxy) is 1. The van der Waals surface area contributed by atoms with Gasteiger partial charge in [-0.1, -0.05) is 13.8 Å². The first kappa shape index (κ1) is 13.9. The third-order valence-corrected chi connectivity index (χ3v) is 3.85. The quantitative estimate of drug-likeness (QED) is 0.898. The van der Waals surface area contributed by atoms with Crippen molar-refractivity contribution in [2.24, 2.45) is 11.8 Å².